The van der Waals surface area contributed by atoms with Crippen LogP contribution < -0.4 is 10.1 Å². The lowest BCUT2D eigenvalue weighted by atomic mass is 10.2. The summed E-state index contributed by atoms with van der Waals surface area (Å²) in [5.41, 5.74) is 2.46. The first-order valence-electron chi connectivity index (χ1n) is 9.03. The monoisotopic (exact) mass is 401 g/mol. The number of benzene rings is 1. The van der Waals surface area contributed by atoms with Gasteiger partial charge in [0.25, 0.3) is 5.91 Å². The Hall–Kier alpha value is -2.64. The first kappa shape index (κ1) is 20.1. The molecule has 7 nitrogen and oxygen atoms in total. The summed E-state index contributed by atoms with van der Waals surface area (Å²) in [6.07, 6.45) is 2.36. The maximum absolute atomic E-state index is 12.5. The van der Waals surface area contributed by atoms with Gasteiger partial charge >= 0.3 is 0 Å². The minimum atomic E-state index is -0.230. The van der Waals surface area contributed by atoms with Gasteiger partial charge in [0, 0.05) is 18.8 Å². The van der Waals surface area contributed by atoms with Crippen molar-refractivity contribution in [1.82, 2.24) is 25.0 Å². The van der Waals surface area contributed by atoms with Crippen LogP contribution in [0, 0.1) is 6.92 Å². The second-order valence-corrected chi connectivity index (χ2v) is 7.17. The van der Waals surface area contributed by atoms with Crippen LogP contribution in [0.3, 0.4) is 0 Å². The Morgan fingerprint density at radius 3 is 2.86 bits per heavy atom. The summed E-state index contributed by atoms with van der Waals surface area (Å²) >= 11 is 6.58. The fourth-order valence-electron chi connectivity index (χ4n) is 2.98. The third kappa shape index (κ3) is 4.10. The number of rotatable bonds is 7. The van der Waals surface area contributed by atoms with Crippen LogP contribution in [0.5, 0.6) is 5.75 Å². The third-order valence-corrected chi connectivity index (χ3v) is 4.81. The number of fused-ring (bicyclic) bond motifs is 1. The van der Waals surface area contributed by atoms with E-state index in [1.807, 2.05) is 45.3 Å². The molecule has 28 heavy (non-hydrogen) atoms. The summed E-state index contributed by atoms with van der Waals surface area (Å²) in [7, 11) is 5.61. The smallest absolute Gasteiger partial charge is 0.254 e. The minimum Gasteiger partial charge on any atom is -0.497 e. The Morgan fingerprint density at radius 2 is 2.14 bits per heavy atom. The van der Waals surface area contributed by atoms with Crippen LogP contribution in [-0.2, 0) is 0 Å². The molecule has 0 aliphatic rings. The Bertz CT molecular complexity index is 1000. The molecule has 2 aromatic heterocycles. The van der Waals surface area contributed by atoms with Crippen molar-refractivity contribution in [2.75, 3.05) is 34.3 Å². The number of hydrogen-bond donors (Lipinski definition) is 1. The zero-order valence-electron chi connectivity index (χ0n) is 16.5. The van der Waals surface area contributed by atoms with Crippen molar-refractivity contribution >= 4 is 28.5 Å². The van der Waals surface area contributed by atoms with Crippen LogP contribution in [0.15, 0.2) is 30.5 Å². The molecule has 1 amide bonds. The number of halogens is 1. The van der Waals surface area contributed by atoms with E-state index in [-0.39, 0.29) is 5.91 Å². The van der Waals surface area contributed by atoms with Gasteiger partial charge in [-0.1, -0.05) is 17.7 Å². The van der Waals surface area contributed by atoms with Crippen molar-refractivity contribution in [3.8, 4) is 11.4 Å². The second-order valence-electron chi connectivity index (χ2n) is 6.80. The van der Waals surface area contributed by atoms with Gasteiger partial charge in [-0.2, -0.15) is 5.10 Å². The van der Waals surface area contributed by atoms with E-state index in [1.165, 1.54) is 6.20 Å². The van der Waals surface area contributed by atoms with Gasteiger partial charge in [-0.05, 0) is 46.1 Å². The van der Waals surface area contributed by atoms with Crippen LogP contribution in [0.1, 0.15) is 22.5 Å². The zero-order chi connectivity index (χ0) is 20.3. The number of nitrogens with one attached hydrogen (secondary N) is 1. The number of pyridine rings is 1. The number of nitrogens with zero attached hydrogens (tertiary/aromatic N) is 4. The van der Waals surface area contributed by atoms with Crippen LogP contribution >= 0.6 is 11.6 Å². The highest BCUT2D eigenvalue weighted by Gasteiger charge is 2.20. The third-order valence-electron chi connectivity index (χ3n) is 4.42. The van der Waals surface area contributed by atoms with Crippen molar-refractivity contribution in [1.29, 1.82) is 0 Å². The Balaban J connectivity index is 1.92. The van der Waals surface area contributed by atoms with Crippen LogP contribution in [0.25, 0.3) is 16.7 Å². The van der Waals surface area contributed by atoms with Crippen molar-refractivity contribution in [3.63, 3.8) is 0 Å². The van der Waals surface area contributed by atoms with E-state index in [0.717, 1.165) is 24.4 Å². The van der Waals surface area contributed by atoms with E-state index in [0.29, 0.717) is 33.9 Å². The number of ether oxygens (including phenoxy) is 1. The molecule has 1 aromatic carbocycles. The number of methoxy groups -OCH3 is 1. The number of hydrogen-bond acceptors (Lipinski definition) is 5. The van der Waals surface area contributed by atoms with Gasteiger partial charge < -0.3 is 15.0 Å². The van der Waals surface area contributed by atoms with Gasteiger partial charge in [-0.15, -0.1) is 0 Å². The van der Waals surface area contributed by atoms with Crippen molar-refractivity contribution in [3.05, 3.63) is 46.7 Å². The summed E-state index contributed by atoms with van der Waals surface area (Å²) in [5.74, 6) is 0.491. The number of amides is 1. The van der Waals surface area contributed by atoms with E-state index in [1.54, 1.807) is 11.8 Å². The lowest BCUT2D eigenvalue weighted by molar-refractivity contribution is 0.0952. The Morgan fingerprint density at radius 1 is 1.36 bits per heavy atom. The average Bonchev–Trinajstić information content (AvgIpc) is 3.02. The summed E-state index contributed by atoms with van der Waals surface area (Å²) < 4.78 is 6.99. The molecule has 0 aliphatic carbocycles. The number of carbonyl (C=O) groups is 1. The topological polar surface area (TPSA) is 72.3 Å². The lowest BCUT2D eigenvalue weighted by Crippen LogP contribution is -2.27. The zero-order valence-corrected chi connectivity index (χ0v) is 17.2. The van der Waals surface area contributed by atoms with Crippen LogP contribution in [-0.4, -0.2) is 59.9 Å². The van der Waals surface area contributed by atoms with Crippen LogP contribution in [0.4, 0.5) is 0 Å². The minimum absolute atomic E-state index is 0.230. The first-order chi connectivity index (χ1) is 13.4. The largest absolute Gasteiger partial charge is 0.497 e. The molecule has 0 atom stereocenters. The van der Waals surface area contributed by atoms with Gasteiger partial charge in [0.1, 0.15) is 5.75 Å². The van der Waals surface area contributed by atoms with E-state index in [2.05, 4.69) is 20.3 Å². The van der Waals surface area contributed by atoms with Crippen molar-refractivity contribution in [2.45, 2.75) is 13.3 Å². The maximum Gasteiger partial charge on any atom is 0.254 e. The molecular weight excluding hydrogens is 378 g/mol. The van der Waals surface area contributed by atoms with Crippen molar-refractivity contribution in [2.24, 2.45) is 0 Å². The lowest BCUT2D eigenvalue weighted by Gasteiger charge is -2.11. The SMILES string of the molecule is COc1cccc(-n2nc(C)c3c(Cl)c(C(=O)NCCCN(C)C)cnc32)c1. The molecule has 0 bridgehead atoms. The normalized spacial score (nSPS) is 11.2. The van der Waals surface area contributed by atoms with Crippen molar-refractivity contribution < 1.29 is 9.53 Å². The van der Waals surface area contributed by atoms with Gasteiger partial charge in [0.2, 0.25) is 0 Å². The Kier molecular flexibility index (Phi) is 6.16. The van der Waals surface area contributed by atoms with E-state index < -0.39 is 0 Å². The highest BCUT2D eigenvalue weighted by Crippen LogP contribution is 2.30. The molecule has 0 spiro atoms. The number of carbonyl (C=O) groups excluding carboxylic acids is 1. The van der Waals surface area contributed by atoms with Gasteiger partial charge in [-0.3, -0.25) is 4.79 Å². The molecule has 0 radical (unpaired) electrons. The summed E-state index contributed by atoms with van der Waals surface area (Å²) in [4.78, 5) is 19.1. The molecule has 0 saturated carbocycles. The molecule has 1 N–H and O–H groups in total. The second kappa shape index (κ2) is 8.58. The maximum atomic E-state index is 12.5. The fraction of sp³-hybridized carbons (Fsp3) is 0.350. The predicted molar refractivity (Wildman–Crippen MR) is 111 cm³/mol. The average molecular weight is 402 g/mol. The summed E-state index contributed by atoms with van der Waals surface area (Å²) in [6, 6.07) is 7.53. The number of aromatic nitrogens is 3. The molecule has 148 valence electrons. The summed E-state index contributed by atoms with van der Waals surface area (Å²) in [5, 5.41) is 8.50. The van der Waals surface area contributed by atoms with E-state index in [4.69, 9.17) is 16.3 Å². The molecule has 0 fully saturated rings. The van der Waals surface area contributed by atoms with Crippen LogP contribution in [0.2, 0.25) is 5.02 Å². The highest BCUT2D eigenvalue weighted by atomic mass is 35.5. The highest BCUT2D eigenvalue weighted by molar-refractivity contribution is 6.38. The van der Waals surface area contributed by atoms with Gasteiger partial charge in [0.05, 0.1) is 34.5 Å². The van der Waals surface area contributed by atoms with E-state index >= 15 is 0 Å². The number of aryl methyl sites for hydroxylation is 1. The van der Waals surface area contributed by atoms with E-state index in [9.17, 15) is 4.79 Å². The van der Waals surface area contributed by atoms with Gasteiger partial charge in [0.15, 0.2) is 5.65 Å². The first-order valence-corrected chi connectivity index (χ1v) is 9.41. The molecule has 8 heteroatoms. The molecule has 0 saturated heterocycles. The summed E-state index contributed by atoms with van der Waals surface area (Å²) in [6.45, 7) is 3.33. The quantitative estimate of drug-likeness (QED) is 0.616. The van der Waals surface area contributed by atoms with Gasteiger partial charge in [-0.25, -0.2) is 9.67 Å². The molecule has 3 aromatic rings. The molecule has 2 heterocycles. The molecular formula is C20H24ClN5O2. The Labute approximate surface area is 169 Å². The predicted octanol–water partition coefficient (Wildman–Crippen LogP) is 3.07. The molecule has 0 unspecified atom stereocenters. The standard InChI is InChI=1S/C20H24ClN5O2/c1-13-17-18(21)16(20(27)22-9-6-10-25(2)3)12-23-19(17)26(24-13)14-7-5-8-15(11-14)28-4/h5,7-8,11-12H,6,9-10H2,1-4H3,(H,22,27). The fourth-order valence-corrected chi connectivity index (χ4v) is 3.34. The molecule has 0 aliphatic heterocycles. The molecule has 3 rings (SSSR count).